The molecule has 0 fully saturated rings. The molecule has 0 radical (unpaired) electrons. The molecule has 3 N–H and O–H groups in total. The number of imidazole rings is 1. The van der Waals surface area contributed by atoms with E-state index < -0.39 is 7.12 Å². The molecule has 0 aliphatic rings. The lowest BCUT2D eigenvalue weighted by molar-refractivity contribution is 0.374. The van der Waals surface area contributed by atoms with Gasteiger partial charge < -0.3 is 25.0 Å². The quantitative estimate of drug-likeness (QED) is 0.369. The van der Waals surface area contributed by atoms with Crippen LogP contribution in [0.3, 0.4) is 0 Å². The maximum atomic E-state index is 9.69. The summed E-state index contributed by atoms with van der Waals surface area (Å²) in [6.07, 6.45) is 0. The minimum atomic E-state index is -1.67. The van der Waals surface area contributed by atoms with Gasteiger partial charge in [0.05, 0.1) is 18.1 Å². The van der Waals surface area contributed by atoms with E-state index in [1.165, 1.54) is 7.11 Å². The molecule has 31 heavy (non-hydrogen) atoms. The number of hydrogen-bond acceptors (Lipinski definition) is 9. The van der Waals surface area contributed by atoms with Gasteiger partial charge in [0, 0.05) is 26.1 Å². The van der Waals surface area contributed by atoms with E-state index in [0.717, 1.165) is 5.56 Å². The number of anilines is 2. The highest BCUT2D eigenvalue weighted by molar-refractivity contribution is 6.61. The van der Waals surface area contributed by atoms with Gasteiger partial charge in [-0.3, -0.25) is 0 Å². The summed E-state index contributed by atoms with van der Waals surface area (Å²) >= 11 is 0. The van der Waals surface area contributed by atoms with Gasteiger partial charge in [0.1, 0.15) is 0 Å². The van der Waals surface area contributed by atoms with Gasteiger partial charge in [-0.05, 0) is 11.6 Å². The maximum absolute atomic E-state index is 9.69. The fourth-order valence-electron chi connectivity index (χ4n) is 3.25. The predicted molar refractivity (Wildman–Crippen MR) is 119 cm³/mol. The average molecular weight is 419 g/mol. The van der Waals surface area contributed by atoms with Crippen molar-refractivity contribution in [3.63, 3.8) is 0 Å². The lowest BCUT2D eigenvalue weighted by Crippen LogP contribution is -2.30. The molecule has 158 valence electrons. The number of aromatic nitrogens is 5. The summed E-state index contributed by atoms with van der Waals surface area (Å²) in [4.78, 5) is 10.9. The molecule has 11 heteroatoms. The highest BCUT2D eigenvalue weighted by Gasteiger charge is 2.23. The van der Waals surface area contributed by atoms with Crippen LogP contribution in [0.5, 0.6) is 6.01 Å². The molecular formula is C20H22BN7O3. The first-order chi connectivity index (χ1) is 15.0. The second-order valence-electron chi connectivity index (χ2n) is 7.04. The van der Waals surface area contributed by atoms with Crippen molar-refractivity contribution in [1.29, 1.82) is 0 Å². The number of ether oxygens (including phenoxy) is 1. The fraction of sp³-hybridized carbons (Fsp3) is 0.200. The Kier molecular flexibility index (Phi) is 5.69. The highest BCUT2D eigenvalue weighted by atomic mass is 16.5. The van der Waals surface area contributed by atoms with Crippen molar-refractivity contribution >= 4 is 35.3 Å². The topological polar surface area (TPSA) is 121 Å². The van der Waals surface area contributed by atoms with Crippen molar-refractivity contribution in [2.75, 3.05) is 31.4 Å². The Morgan fingerprint density at radius 3 is 2.48 bits per heavy atom. The zero-order chi connectivity index (χ0) is 22.0. The molecule has 0 amide bonds. The number of para-hydroxylation sites is 1. The Morgan fingerprint density at radius 1 is 1.03 bits per heavy atom. The molecule has 4 rings (SSSR count). The van der Waals surface area contributed by atoms with Gasteiger partial charge in [-0.2, -0.15) is 9.97 Å². The van der Waals surface area contributed by atoms with E-state index in [2.05, 4.69) is 25.5 Å². The molecule has 2 aromatic carbocycles. The molecule has 0 aliphatic carbocycles. The first-order valence-electron chi connectivity index (χ1n) is 9.61. The molecule has 4 aromatic rings. The van der Waals surface area contributed by atoms with Crippen molar-refractivity contribution in [3.05, 3.63) is 54.1 Å². The first kappa shape index (κ1) is 20.6. The Labute approximate surface area is 179 Å². The van der Waals surface area contributed by atoms with Gasteiger partial charge in [-0.25, -0.2) is 4.57 Å². The summed E-state index contributed by atoms with van der Waals surface area (Å²) in [7, 11) is 3.53. The lowest BCUT2D eigenvalue weighted by atomic mass is 9.79. The normalized spacial score (nSPS) is 10.9. The van der Waals surface area contributed by atoms with Crippen LogP contribution in [0.25, 0.3) is 17.0 Å². The molecular weight excluding hydrogens is 397 g/mol. The molecule has 2 heterocycles. The van der Waals surface area contributed by atoms with Gasteiger partial charge in [0.25, 0.3) is 5.95 Å². The lowest BCUT2D eigenvalue weighted by Gasteiger charge is -2.17. The second-order valence-corrected chi connectivity index (χ2v) is 7.04. The molecule has 0 saturated heterocycles. The van der Waals surface area contributed by atoms with Crippen molar-refractivity contribution < 1.29 is 14.8 Å². The van der Waals surface area contributed by atoms with E-state index in [9.17, 15) is 10.0 Å². The third-order valence-corrected chi connectivity index (χ3v) is 4.73. The Balaban J connectivity index is 1.81. The van der Waals surface area contributed by atoms with Gasteiger partial charge in [0.2, 0.25) is 0 Å². The fourth-order valence-corrected chi connectivity index (χ4v) is 3.25. The molecule has 0 bridgehead atoms. The summed E-state index contributed by atoms with van der Waals surface area (Å²) < 4.78 is 7.00. The maximum Gasteiger partial charge on any atom is 0.490 e. The molecule has 0 aliphatic heterocycles. The van der Waals surface area contributed by atoms with Gasteiger partial charge in [-0.1, -0.05) is 42.5 Å². The highest BCUT2D eigenvalue weighted by Crippen LogP contribution is 2.26. The minimum absolute atomic E-state index is 0.205. The minimum Gasteiger partial charge on any atom is -0.468 e. The predicted octanol–water partition coefficient (Wildman–Crippen LogP) is 0.577. The van der Waals surface area contributed by atoms with E-state index in [1.54, 1.807) is 22.8 Å². The third-order valence-electron chi connectivity index (χ3n) is 4.73. The number of hydrogen-bond donors (Lipinski definition) is 3. The molecule has 0 saturated carbocycles. The van der Waals surface area contributed by atoms with E-state index in [1.807, 2.05) is 49.3 Å². The summed E-state index contributed by atoms with van der Waals surface area (Å²) in [6, 6.07) is 15.2. The van der Waals surface area contributed by atoms with E-state index in [4.69, 9.17) is 4.74 Å². The first-order valence-corrected chi connectivity index (χ1v) is 9.61. The number of rotatable bonds is 7. The van der Waals surface area contributed by atoms with E-state index in [-0.39, 0.29) is 17.4 Å². The van der Waals surface area contributed by atoms with Crippen LogP contribution in [0.2, 0.25) is 0 Å². The molecule has 0 spiro atoms. The van der Waals surface area contributed by atoms with E-state index in [0.29, 0.717) is 29.2 Å². The van der Waals surface area contributed by atoms with Crippen molar-refractivity contribution in [2.24, 2.45) is 0 Å². The van der Waals surface area contributed by atoms with Crippen LogP contribution in [0.15, 0.2) is 48.5 Å². The van der Waals surface area contributed by atoms with Crippen molar-refractivity contribution in [2.45, 2.75) is 6.54 Å². The third kappa shape index (κ3) is 4.00. The zero-order valence-electron chi connectivity index (χ0n) is 17.4. The number of fused-ring (bicyclic) bond motifs is 1. The zero-order valence-corrected chi connectivity index (χ0v) is 17.4. The molecule has 10 nitrogen and oxygen atoms in total. The van der Waals surface area contributed by atoms with Gasteiger partial charge >= 0.3 is 13.1 Å². The number of nitrogens with zero attached hydrogens (tertiary/aromatic N) is 6. The SMILES string of the molecule is COc1nc2c(B(O)O)cccc2n1-c1nnc(N(C)C)c(NCc2ccccc2)n1. The Morgan fingerprint density at radius 2 is 1.81 bits per heavy atom. The largest absolute Gasteiger partial charge is 0.490 e. The van der Waals surface area contributed by atoms with Crippen LogP contribution in [0.4, 0.5) is 11.6 Å². The summed E-state index contributed by atoms with van der Waals surface area (Å²) in [5.41, 5.74) is 2.30. The standard InChI is InChI=1S/C20H22BN7O3/c1-27(2)18-17(22-12-13-8-5-4-6-9-13)24-19(26-25-18)28-15-11-7-10-14(21(29)30)16(15)23-20(28)31-3/h4-11,29-30H,12H2,1-3H3,(H,22,24,26). The van der Waals surface area contributed by atoms with Crippen LogP contribution in [0.1, 0.15) is 5.56 Å². The van der Waals surface area contributed by atoms with Crippen LogP contribution >= 0.6 is 0 Å². The molecule has 2 aromatic heterocycles. The Bertz CT molecular complexity index is 1200. The van der Waals surface area contributed by atoms with E-state index >= 15 is 0 Å². The van der Waals surface area contributed by atoms with Gasteiger partial charge in [-0.15, -0.1) is 10.2 Å². The molecule has 0 atom stereocenters. The second kappa shape index (κ2) is 8.58. The molecule has 0 unspecified atom stereocenters. The Hall–Kier alpha value is -3.70. The van der Waals surface area contributed by atoms with Gasteiger partial charge in [0.15, 0.2) is 11.6 Å². The smallest absolute Gasteiger partial charge is 0.468 e. The average Bonchev–Trinajstić information content (AvgIpc) is 3.16. The number of nitrogens with one attached hydrogen (secondary N) is 1. The van der Waals surface area contributed by atoms with Crippen LogP contribution in [-0.2, 0) is 6.54 Å². The monoisotopic (exact) mass is 419 g/mol. The summed E-state index contributed by atoms with van der Waals surface area (Å²) in [5.74, 6) is 1.36. The van der Waals surface area contributed by atoms with Crippen LogP contribution in [0, 0.1) is 0 Å². The van der Waals surface area contributed by atoms with Crippen LogP contribution in [-0.4, -0.2) is 63.1 Å². The summed E-state index contributed by atoms with van der Waals surface area (Å²) in [5, 5.41) is 31.3. The van der Waals surface area contributed by atoms with Crippen LogP contribution < -0.4 is 20.4 Å². The summed E-state index contributed by atoms with van der Waals surface area (Å²) in [6.45, 7) is 0.558. The number of benzene rings is 2. The van der Waals surface area contributed by atoms with Crippen molar-refractivity contribution in [1.82, 2.24) is 24.7 Å². The van der Waals surface area contributed by atoms with Crippen molar-refractivity contribution in [3.8, 4) is 12.0 Å². The number of methoxy groups -OCH3 is 1.